The topological polar surface area (TPSA) is 81.4 Å². The molecule has 0 aliphatic rings. The molecule has 0 atom stereocenters. The van der Waals surface area contributed by atoms with Crippen molar-refractivity contribution in [2.75, 3.05) is 12.4 Å². The van der Waals surface area contributed by atoms with Crippen molar-refractivity contribution in [3.05, 3.63) is 71.0 Å². The lowest BCUT2D eigenvalue weighted by Gasteiger charge is -2.11. The summed E-state index contributed by atoms with van der Waals surface area (Å²) >= 11 is 0. The first kappa shape index (κ1) is 19.6. The van der Waals surface area contributed by atoms with Gasteiger partial charge in [-0.15, -0.1) is 5.10 Å². The molecule has 0 saturated heterocycles. The molecule has 1 amide bonds. The summed E-state index contributed by atoms with van der Waals surface area (Å²) in [7, 11) is 1.61. The third kappa shape index (κ3) is 3.87. The Morgan fingerprint density at radius 3 is 2.37 bits per heavy atom. The zero-order chi connectivity index (χ0) is 21.3. The monoisotopic (exact) mass is 401 g/mol. The number of methoxy groups -OCH3 is 1. The number of fused-ring (bicyclic) bond motifs is 1. The molecule has 4 aromatic rings. The number of benzene rings is 2. The van der Waals surface area contributed by atoms with Crippen molar-refractivity contribution in [2.45, 2.75) is 27.2 Å². The third-order valence-electron chi connectivity index (χ3n) is 5.07. The quantitative estimate of drug-likeness (QED) is 0.548. The number of hydrogen-bond acceptors (Lipinski definition) is 5. The fraction of sp³-hybridized carbons (Fsp3) is 0.217. The van der Waals surface area contributed by atoms with Crippen LogP contribution in [0.15, 0.2) is 48.5 Å². The summed E-state index contributed by atoms with van der Waals surface area (Å²) in [4.78, 5) is 21.8. The fourth-order valence-electron chi connectivity index (χ4n) is 3.33. The number of hydrogen-bond donors (Lipinski definition) is 1. The SMILES string of the molecule is COc1ccc(NC(=O)Cc2c(C)nc3nc(-c4ccc(C)cc4)nn3c2C)cc1. The van der Waals surface area contributed by atoms with Crippen molar-refractivity contribution < 1.29 is 9.53 Å². The van der Waals surface area contributed by atoms with Gasteiger partial charge in [-0.2, -0.15) is 4.98 Å². The van der Waals surface area contributed by atoms with Crippen LogP contribution in [0.4, 0.5) is 5.69 Å². The Balaban J connectivity index is 1.60. The Hall–Kier alpha value is -3.74. The number of carbonyl (C=O) groups is 1. The van der Waals surface area contributed by atoms with Crippen LogP contribution in [0.5, 0.6) is 5.75 Å². The lowest BCUT2D eigenvalue weighted by atomic mass is 10.1. The molecule has 1 N–H and O–H groups in total. The smallest absolute Gasteiger partial charge is 0.253 e. The minimum absolute atomic E-state index is 0.119. The lowest BCUT2D eigenvalue weighted by Crippen LogP contribution is -2.17. The molecular weight excluding hydrogens is 378 g/mol. The number of aryl methyl sites for hydroxylation is 3. The van der Waals surface area contributed by atoms with Crippen LogP contribution in [-0.2, 0) is 11.2 Å². The predicted octanol–water partition coefficient (Wildman–Crippen LogP) is 3.91. The molecule has 2 aromatic carbocycles. The minimum Gasteiger partial charge on any atom is -0.497 e. The third-order valence-corrected chi connectivity index (χ3v) is 5.07. The highest BCUT2D eigenvalue weighted by molar-refractivity contribution is 5.92. The molecule has 7 nitrogen and oxygen atoms in total. The molecule has 0 saturated carbocycles. The van der Waals surface area contributed by atoms with Gasteiger partial charge in [0.05, 0.1) is 13.5 Å². The van der Waals surface area contributed by atoms with Gasteiger partial charge in [-0.1, -0.05) is 29.8 Å². The van der Waals surface area contributed by atoms with Crippen molar-refractivity contribution in [2.24, 2.45) is 0 Å². The summed E-state index contributed by atoms with van der Waals surface area (Å²) in [5.74, 6) is 1.76. The first-order valence-electron chi connectivity index (χ1n) is 9.68. The Kier molecular flexibility index (Phi) is 5.18. The van der Waals surface area contributed by atoms with Crippen LogP contribution < -0.4 is 10.1 Å². The number of aromatic nitrogens is 4. The molecule has 2 heterocycles. The number of carbonyl (C=O) groups excluding carboxylic acids is 1. The van der Waals surface area contributed by atoms with Gasteiger partial charge in [0.25, 0.3) is 5.78 Å². The van der Waals surface area contributed by atoms with Gasteiger partial charge in [-0.25, -0.2) is 9.50 Å². The highest BCUT2D eigenvalue weighted by Crippen LogP contribution is 2.21. The lowest BCUT2D eigenvalue weighted by molar-refractivity contribution is -0.115. The van der Waals surface area contributed by atoms with E-state index in [1.54, 1.807) is 11.6 Å². The molecule has 0 aliphatic heterocycles. The summed E-state index contributed by atoms with van der Waals surface area (Å²) in [6.45, 7) is 5.87. The van der Waals surface area contributed by atoms with E-state index in [9.17, 15) is 4.79 Å². The number of nitrogens with one attached hydrogen (secondary N) is 1. The summed E-state index contributed by atoms with van der Waals surface area (Å²) in [6, 6.07) is 15.3. The standard InChI is InChI=1S/C23H23N5O2/c1-14-5-7-17(8-6-14)22-26-23-24-15(2)20(16(3)28(23)27-22)13-21(29)25-18-9-11-19(30-4)12-10-18/h5-12H,13H2,1-4H3,(H,25,29). The average molecular weight is 401 g/mol. The second-order valence-electron chi connectivity index (χ2n) is 7.23. The summed E-state index contributed by atoms with van der Waals surface area (Å²) in [5.41, 5.74) is 5.29. The van der Waals surface area contributed by atoms with Gasteiger partial charge >= 0.3 is 0 Å². The maximum atomic E-state index is 12.6. The van der Waals surface area contributed by atoms with Crippen LogP contribution in [0.3, 0.4) is 0 Å². The van der Waals surface area contributed by atoms with E-state index >= 15 is 0 Å². The van der Waals surface area contributed by atoms with Gasteiger partial charge in [0.15, 0.2) is 5.82 Å². The molecule has 2 aromatic heterocycles. The van der Waals surface area contributed by atoms with Crippen LogP contribution >= 0.6 is 0 Å². The van der Waals surface area contributed by atoms with Gasteiger partial charge in [-0.05, 0) is 45.0 Å². The normalized spacial score (nSPS) is 10.9. The van der Waals surface area contributed by atoms with Crippen LogP contribution in [0, 0.1) is 20.8 Å². The van der Waals surface area contributed by atoms with Gasteiger partial charge in [-0.3, -0.25) is 4.79 Å². The zero-order valence-corrected chi connectivity index (χ0v) is 17.4. The van der Waals surface area contributed by atoms with E-state index in [0.29, 0.717) is 17.3 Å². The molecular formula is C23H23N5O2. The zero-order valence-electron chi connectivity index (χ0n) is 17.4. The van der Waals surface area contributed by atoms with E-state index in [0.717, 1.165) is 28.3 Å². The van der Waals surface area contributed by atoms with Crippen LogP contribution in [0.2, 0.25) is 0 Å². The number of rotatable bonds is 5. The average Bonchev–Trinajstić information content (AvgIpc) is 3.16. The summed E-state index contributed by atoms with van der Waals surface area (Å²) < 4.78 is 6.85. The highest BCUT2D eigenvalue weighted by atomic mass is 16.5. The summed E-state index contributed by atoms with van der Waals surface area (Å²) in [6.07, 6.45) is 0.201. The van der Waals surface area contributed by atoms with Gasteiger partial charge in [0, 0.05) is 28.2 Å². The number of amides is 1. The number of ether oxygens (including phenoxy) is 1. The summed E-state index contributed by atoms with van der Waals surface area (Å²) in [5, 5.41) is 7.53. The molecule has 0 aliphatic carbocycles. The molecule has 0 bridgehead atoms. The van der Waals surface area contributed by atoms with Crippen molar-refractivity contribution in [3.8, 4) is 17.1 Å². The number of anilines is 1. The number of nitrogens with zero attached hydrogens (tertiary/aromatic N) is 4. The first-order chi connectivity index (χ1) is 14.4. The Morgan fingerprint density at radius 1 is 1.00 bits per heavy atom. The minimum atomic E-state index is -0.119. The van der Waals surface area contributed by atoms with E-state index in [4.69, 9.17) is 4.74 Å². The van der Waals surface area contributed by atoms with E-state index in [1.807, 2.05) is 69.3 Å². The maximum Gasteiger partial charge on any atom is 0.253 e. The Morgan fingerprint density at radius 2 is 1.70 bits per heavy atom. The maximum absolute atomic E-state index is 12.6. The Bertz CT molecular complexity index is 1210. The van der Waals surface area contributed by atoms with Crippen molar-refractivity contribution in [1.82, 2.24) is 19.6 Å². The van der Waals surface area contributed by atoms with Crippen molar-refractivity contribution in [1.29, 1.82) is 0 Å². The molecule has 4 rings (SSSR count). The van der Waals surface area contributed by atoms with E-state index in [-0.39, 0.29) is 12.3 Å². The Labute approximate surface area is 174 Å². The largest absolute Gasteiger partial charge is 0.497 e. The van der Waals surface area contributed by atoms with Crippen molar-refractivity contribution in [3.63, 3.8) is 0 Å². The molecule has 0 unspecified atom stereocenters. The van der Waals surface area contributed by atoms with Gasteiger partial charge < -0.3 is 10.1 Å². The van der Waals surface area contributed by atoms with Crippen LogP contribution in [0.1, 0.15) is 22.5 Å². The predicted molar refractivity (Wildman–Crippen MR) is 116 cm³/mol. The van der Waals surface area contributed by atoms with E-state index in [2.05, 4.69) is 20.4 Å². The van der Waals surface area contributed by atoms with E-state index in [1.165, 1.54) is 5.56 Å². The molecule has 0 fully saturated rings. The van der Waals surface area contributed by atoms with Gasteiger partial charge in [0.1, 0.15) is 5.75 Å². The first-order valence-corrected chi connectivity index (χ1v) is 9.68. The van der Waals surface area contributed by atoms with Gasteiger partial charge in [0.2, 0.25) is 5.91 Å². The second-order valence-corrected chi connectivity index (χ2v) is 7.23. The van der Waals surface area contributed by atoms with Crippen LogP contribution in [-0.4, -0.2) is 32.6 Å². The fourth-order valence-corrected chi connectivity index (χ4v) is 3.33. The molecule has 0 radical (unpaired) electrons. The molecule has 152 valence electrons. The highest BCUT2D eigenvalue weighted by Gasteiger charge is 2.17. The molecule has 0 spiro atoms. The molecule has 7 heteroatoms. The van der Waals surface area contributed by atoms with E-state index < -0.39 is 0 Å². The molecule has 30 heavy (non-hydrogen) atoms. The van der Waals surface area contributed by atoms with Crippen molar-refractivity contribution >= 4 is 17.4 Å². The second kappa shape index (κ2) is 7.94. The van der Waals surface area contributed by atoms with Crippen LogP contribution in [0.25, 0.3) is 17.2 Å².